The van der Waals surface area contributed by atoms with E-state index in [1.54, 1.807) is 13.0 Å². The minimum absolute atomic E-state index is 0.186. The van der Waals surface area contributed by atoms with Crippen LogP contribution in [0.4, 0.5) is 0 Å². The number of carbonyl (C=O) groups is 1. The number of hydrogen-bond acceptors (Lipinski definition) is 6. The minimum Gasteiger partial charge on any atom is -0.461 e. The van der Waals surface area contributed by atoms with Crippen LogP contribution in [0.25, 0.3) is 0 Å². The number of rotatable bonds is 3. The van der Waals surface area contributed by atoms with Crippen LogP contribution in [0.15, 0.2) is 5.16 Å². The summed E-state index contributed by atoms with van der Waals surface area (Å²) >= 11 is 0. The normalized spacial score (nSPS) is 18.8. The summed E-state index contributed by atoms with van der Waals surface area (Å²) in [5.74, 6) is -0.771. The molecule has 2 heterocycles. The average molecular weight is 309 g/mol. The van der Waals surface area contributed by atoms with E-state index >= 15 is 0 Å². The van der Waals surface area contributed by atoms with Crippen LogP contribution in [0.1, 0.15) is 19.8 Å². The largest absolute Gasteiger partial charge is 0.473 e. The van der Waals surface area contributed by atoms with Crippen LogP contribution in [0.3, 0.4) is 0 Å². The van der Waals surface area contributed by atoms with Crippen molar-refractivity contribution < 1.29 is 23.7 Å². The number of nitrogens with zero attached hydrogens (tertiary/aromatic N) is 4. The highest BCUT2D eigenvalue weighted by atomic mass is 16.7. The molecule has 0 radical (unpaired) electrons. The molecule has 0 aromatic rings. The van der Waals surface area contributed by atoms with Crippen LogP contribution in [0.2, 0.25) is 0 Å². The molecular formula is C14H21N4O4+. The maximum atomic E-state index is 11.6. The van der Waals surface area contributed by atoms with Crippen LogP contribution in [0, 0.1) is 11.3 Å². The molecule has 0 aliphatic carbocycles. The molecule has 120 valence electrons. The van der Waals surface area contributed by atoms with Crippen LogP contribution in [-0.2, 0) is 19.1 Å². The molecule has 8 nitrogen and oxygen atoms in total. The zero-order valence-electron chi connectivity index (χ0n) is 12.8. The van der Waals surface area contributed by atoms with E-state index in [1.165, 1.54) is 0 Å². The van der Waals surface area contributed by atoms with Gasteiger partial charge in [0.25, 0.3) is 5.71 Å². The number of oxime groups is 1. The maximum absolute atomic E-state index is 11.6. The first-order chi connectivity index (χ1) is 10.8. The van der Waals surface area contributed by atoms with Crippen molar-refractivity contribution in [2.45, 2.75) is 19.8 Å². The number of ether oxygens (including phenoxy) is 2. The Labute approximate surface area is 129 Å². The van der Waals surface area contributed by atoms with Gasteiger partial charge < -0.3 is 9.47 Å². The van der Waals surface area contributed by atoms with E-state index in [1.807, 2.05) is 4.90 Å². The molecule has 0 unspecified atom stereocenters. The number of carbonyl (C=O) groups excluding carboxylic acids is 1. The predicted molar refractivity (Wildman–Crippen MR) is 77.4 cm³/mol. The Morgan fingerprint density at radius 2 is 2.05 bits per heavy atom. The van der Waals surface area contributed by atoms with E-state index < -0.39 is 5.97 Å². The highest BCUT2D eigenvalue weighted by Gasteiger charge is 2.30. The van der Waals surface area contributed by atoms with Crippen LogP contribution in [-0.4, -0.2) is 73.2 Å². The van der Waals surface area contributed by atoms with Gasteiger partial charge in [-0.05, 0) is 19.8 Å². The summed E-state index contributed by atoms with van der Waals surface area (Å²) in [6.07, 6.45) is 2.17. The van der Waals surface area contributed by atoms with Crippen LogP contribution < -0.4 is 0 Å². The zero-order chi connectivity index (χ0) is 15.8. The Balaban J connectivity index is 2.14. The molecule has 0 saturated carbocycles. The first-order valence-corrected chi connectivity index (χ1v) is 7.53. The van der Waals surface area contributed by atoms with Gasteiger partial charge in [-0.15, -0.1) is 0 Å². The smallest absolute Gasteiger partial charge is 0.461 e. The highest BCUT2D eigenvalue weighted by molar-refractivity contribution is 6.42. The molecule has 0 N–H and O–H groups in total. The molecule has 0 amide bonds. The molecule has 2 aliphatic heterocycles. The number of hydrogen-bond donors (Lipinski definition) is 0. The monoisotopic (exact) mass is 309 g/mol. The van der Waals surface area contributed by atoms with Gasteiger partial charge in [0.15, 0.2) is 0 Å². The maximum Gasteiger partial charge on any atom is 0.473 e. The van der Waals surface area contributed by atoms with Gasteiger partial charge in [-0.3, -0.25) is 4.84 Å². The molecule has 2 rings (SSSR count). The molecule has 0 bridgehead atoms. The van der Waals surface area contributed by atoms with Gasteiger partial charge in [-0.25, -0.2) is 14.3 Å². The van der Waals surface area contributed by atoms with Crippen molar-refractivity contribution in [1.82, 2.24) is 4.90 Å². The SMILES string of the molecule is CCOC(=O)C(C#N)=NOC(N1CCOCC1)=[N+]1CCCC1. The predicted octanol–water partition coefficient (Wildman–Crippen LogP) is -0.0598. The number of nitriles is 1. The lowest BCUT2D eigenvalue weighted by atomic mass is 10.4. The lowest BCUT2D eigenvalue weighted by molar-refractivity contribution is -0.521. The molecule has 22 heavy (non-hydrogen) atoms. The molecule has 8 heteroatoms. The summed E-state index contributed by atoms with van der Waals surface area (Å²) in [4.78, 5) is 19.1. The minimum atomic E-state index is -0.771. The molecule has 2 fully saturated rings. The number of morpholine rings is 1. The molecule has 2 saturated heterocycles. The summed E-state index contributed by atoms with van der Waals surface area (Å²) in [5.41, 5.74) is -0.383. The van der Waals surface area contributed by atoms with Gasteiger partial charge in [0.1, 0.15) is 19.2 Å². The summed E-state index contributed by atoms with van der Waals surface area (Å²) in [7, 11) is 0. The number of esters is 1. The lowest BCUT2D eigenvalue weighted by Crippen LogP contribution is -2.45. The average Bonchev–Trinajstić information content (AvgIpc) is 3.07. The van der Waals surface area contributed by atoms with Crippen LogP contribution >= 0.6 is 0 Å². The van der Waals surface area contributed by atoms with E-state index in [9.17, 15) is 4.79 Å². The van der Waals surface area contributed by atoms with Crippen molar-refractivity contribution in [3.05, 3.63) is 0 Å². The molecule has 0 aromatic heterocycles. The van der Waals surface area contributed by atoms with Crippen molar-refractivity contribution >= 4 is 17.7 Å². The van der Waals surface area contributed by atoms with Gasteiger partial charge in [-0.2, -0.15) is 5.26 Å². The summed E-state index contributed by atoms with van der Waals surface area (Å²) in [5, 5.41) is 12.7. The summed E-state index contributed by atoms with van der Waals surface area (Å²) in [6.45, 7) is 6.24. The van der Waals surface area contributed by atoms with Gasteiger partial charge >= 0.3 is 12.0 Å². The summed E-state index contributed by atoms with van der Waals surface area (Å²) < 4.78 is 12.2. The Morgan fingerprint density at radius 1 is 1.36 bits per heavy atom. The van der Waals surface area contributed by atoms with Crippen LogP contribution in [0.5, 0.6) is 0 Å². The van der Waals surface area contributed by atoms with Crippen molar-refractivity contribution in [3.63, 3.8) is 0 Å². The van der Waals surface area contributed by atoms with Crippen molar-refractivity contribution in [1.29, 1.82) is 5.26 Å². The van der Waals surface area contributed by atoms with Crippen molar-refractivity contribution in [2.24, 2.45) is 5.16 Å². The fourth-order valence-corrected chi connectivity index (χ4v) is 2.37. The second-order valence-electron chi connectivity index (χ2n) is 4.94. The third-order valence-electron chi connectivity index (χ3n) is 3.45. The molecule has 2 aliphatic rings. The Hall–Kier alpha value is -2.14. The fraction of sp³-hybridized carbons (Fsp3) is 0.714. The first-order valence-electron chi connectivity index (χ1n) is 7.53. The van der Waals surface area contributed by atoms with E-state index in [0.29, 0.717) is 32.3 Å². The second kappa shape index (κ2) is 8.34. The topological polar surface area (TPSA) is 87.2 Å². The molecule has 0 aromatic carbocycles. The van der Waals surface area contributed by atoms with Crippen molar-refractivity contribution in [3.8, 4) is 6.07 Å². The van der Waals surface area contributed by atoms with E-state index in [0.717, 1.165) is 25.9 Å². The van der Waals surface area contributed by atoms with Crippen molar-refractivity contribution in [2.75, 3.05) is 46.0 Å². The molecular weight excluding hydrogens is 288 g/mol. The Morgan fingerprint density at radius 3 is 2.64 bits per heavy atom. The van der Waals surface area contributed by atoms with E-state index in [-0.39, 0.29) is 12.3 Å². The highest BCUT2D eigenvalue weighted by Crippen LogP contribution is 2.08. The standard InChI is InChI=1S/C14H21N4O4/c1-2-21-13(19)12(11-15)16-22-14(17-5-3-4-6-17)18-7-9-20-10-8-18/h2-10H2,1H3/q+1. The molecule has 0 atom stereocenters. The van der Waals surface area contributed by atoms with Gasteiger partial charge in [0.05, 0.1) is 32.9 Å². The lowest BCUT2D eigenvalue weighted by Gasteiger charge is -2.22. The quantitative estimate of drug-likeness (QED) is 0.239. The van der Waals surface area contributed by atoms with Gasteiger partial charge in [0, 0.05) is 0 Å². The third-order valence-corrected chi connectivity index (χ3v) is 3.45. The fourth-order valence-electron chi connectivity index (χ4n) is 2.37. The third kappa shape index (κ3) is 4.18. The van der Waals surface area contributed by atoms with E-state index in [2.05, 4.69) is 9.73 Å². The Kier molecular flexibility index (Phi) is 6.15. The van der Waals surface area contributed by atoms with Gasteiger partial charge in [-0.1, -0.05) is 5.16 Å². The van der Waals surface area contributed by atoms with Gasteiger partial charge in [0.2, 0.25) is 0 Å². The first kappa shape index (κ1) is 16.2. The van der Waals surface area contributed by atoms with E-state index in [4.69, 9.17) is 19.6 Å². The molecule has 0 spiro atoms. The summed E-state index contributed by atoms with van der Waals surface area (Å²) in [6, 6.07) is 2.29. The number of amidine groups is 1. The Bertz CT molecular complexity index is 495. The zero-order valence-corrected chi connectivity index (χ0v) is 12.8. The second-order valence-corrected chi connectivity index (χ2v) is 4.94.